The highest BCUT2D eigenvalue weighted by molar-refractivity contribution is 5.90. The minimum atomic E-state index is -0.394. The lowest BCUT2D eigenvalue weighted by molar-refractivity contribution is 0.00727. The molecule has 0 aliphatic heterocycles. The molecule has 1 aromatic heterocycles. The fraction of sp³-hybridized carbons (Fsp3) is 0.444. The summed E-state index contributed by atoms with van der Waals surface area (Å²) in [5.74, 6) is 0.529. The first-order chi connectivity index (χ1) is 6.74. The first-order valence-electron chi connectivity index (χ1n) is 4.21. The van der Waals surface area contributed by atoms with E-state index in [2.05, 4.69) is 5.48 Å². The van der Waals surface area contributed by atoms with Crippen molar-refractivity contribution in [2.75, 3.05) is 20.3 Å². The number of carbonyl (C=O) groups excluding carboxylic acids is 1. The Labute approximate surface area is 81.9 Å². The van der Waals surface area contributed by atoms with Crippen LogP contribution in [0.1, 0.15) is 16.3 Å². The molecule has 1 aromatic rings. The van der Waals surface area contributed by atoms with Crippen molar-refractivity contribution in [1.29, 1.82) is 0 Å². The Morgan fingerprint density at radius 2 is 2.29 bits per heavy atom. The molecule has 0 fully saturated rings. The topological polar surface area (TPSA) is 60.7 Å². The van der Waals surface area contributed by atoms with Crippen LogP contribution in [-0.2, 0) is 9.57 Å². The van der Waals surface area contributed by atoms with Gasteiger partial charge in [0.2, 0.25) is 0 Å². The van der Waals surface area contributed by atoms with Gasteiger partial charge in [-0.2, -0.15) is 0 Å². The standard InChI is InChI=1S/C9H13NO4/c1-7-3-4-8(14-7)9(11)10-13-6-5-12-2/h3-4H,5-6H2,1-2H3,(H,10,11). The van der Waals surface area contributed by atoms with Gasteiger partial charge in [0.25, 0.3) is 0 Å². The highest BCUT2D eigenvalue weighted by atomic mass is 16.7. The molecule has 0 atom stereocenters. The smallest absolute Gasteiger partial charge is 0.310 e. The van der Waals surface area contributed by atoms with E-state index < -0.39 is 5.91 Å². The van der Waals surface area contributed by atoms with E-state index in [0.29, 0.717) is 19.0 Å². The third kappa shape index (κ3) is 3.20. The van der Waals surface area contributed by atoms with Gasteiger partial charge in [-0.1, -0.05) is 0 Å². The quantitative estimate of drug-likeness (QED) is 0.565. The van der Waals surface area contributed by atoms with Crippen LogP contribution in [0.3, 0.4) is 0 Å². The summed E-state index contributed by atoms with van der Waals surface area (Å²) in [5.41, 5.74) is 2.23. The second-order valence-electron chi connectivity index (χ2n) is 2.68. The fourth-order valence-electron chi connectivity index (χ4n) is 0.848. The molecule has 0 saturated heterocycles. The van der Waals surface area contributed by atoms with E-state index in [4.69, 9.17) is 14.0 Å². The molecular formula is C9H13NO4. The molecule has 0 spiro atoms. The van der Waals surface area contributed by atoms with Gasteiger partial charge in [-0.15, -0.1) is 0 Å². The van der Waals surface area contributed by atoms with E-state index in [0.717, 1.165) is 0 Å². The highest BCUT2D eigenvalue weighted by Crippen LogP contribution is 2.05. The number of nitrogens with one attached hydrogen (secondary N) is 1. The van der Waals surface area contributed by atoms with Crippen LogP contribution in [0.2, 0.25) is 0 Å². The zero-order valence-electron chi connectivity index (χ0n) is 8.20. The van der Waals surface area contributed by atoms with Crippen LogP contribution >= 0.6 is 0 Å². The Balaban J connectivity index is 2.29. The monoisotopic (exact) mass is 199 g/mol. The number of rotatable bonds is 5. The summed E-state index contributed by atoms with van der Waals surface area (Å²) in [6.45, 7) is 2.50. The van der Waals surface area contributed by atoms with Crippen molar-refractivity contribution in [2.24, 2.45) is 0 Å². The predicted octanol–water partition coefficient (Wildman–Crippen LogP) is 0.896. The molecule has 0 unspecified atom stereocenters. The van der Waals surface area contributed by atoms with Gasteiger partial charge in [-0.05, 0) is 19.1 Å². The lowest BCUT2D eigenvalue weighted by atomic mass is 10.4. The van der Waals surface area contributed by atoms with Crippen molar-refractivity contribution in [1.82, 2.24) is 5.48 Å². The van der Waals surface area contributed by atoms with E-state index in [1.165, 1.54) is 0 Å². The molecule has 14 heavy (non-hydrogen) atoms. The zero-order valence-corrected chi connectivity index (χ0v) is 8.20. The zero-order chi connectivity index (χ0) is 10.4. The number of aryl methyl sites for hydroxylation is 1. The number of carbonyl (C=O) groups is 1. The minimum absolute atomic E-state index is 0.236. The molecule has 78 valence electrons. The number of hydrogen-bond acceptors (Lipinski definition) is 4. The molecule has 0 radical (unpaired) electrons. The normalized spacial score (nSPS) is 10.1. The fourth-order valence-corrected chi connectivity index (χ4v) is 0.848. The molecule has 1 heterocycles. The van der Waals surface area contributed by atoms with Crippen molar-refractivity contribution in [3.05, 3.63) is 23.7 Å². The molecule has 0 aliphatic carbocycles. The average molecular weight is 199 g/mol. The second-order valence-corrected chi connectivity index (χ2v) is 2.68. The van der Waals surface area contributed by atoms with Crippen LogP contribution in [0.5, 0.6) is 0 Å². The van der Waals surface area contributed by atoms with Gasteiger partial charge >= 0.3 is 5.91 Å². The van der Waals surface area contributed by atoms with Crippen LogP contribution in [-0.4, -0.2) is 26.2 Å². The van der Waals surface area contributed by atoms with Gasteiger partial charge in [-0.25, -0.2) is 5.48 Å². The van der Waals surface area contributed by atoms with Gasteiger partial charge in [0.15, 0.2) is 5.76 Å². The summed E-state index contributed by atoms with van der Waals surface area (Å²) in [4.78, 5) is 16.1. The first-order valence-corrected chi connectivity index (χ1v) is 4.21. The maximum Gasteiger partial charge on any atom is 0.310 e. The molecule has 5 heteroatoms. The van der Waals surface area contributed by atoms with Crippen LogP contribution in [0, 0.1) is 6.92 Å². The Kier molecular flexibility index (Phi) is 4.15. The average Bonchev–Trinajstić information content (AvgIpc) is 2.59. The Hall–Kier alpha value is -1.33. The molecule has 5 nitrogen and oxygen atoms in total. The van der Waals surface area contributed by atoms with E-state index in [1.807, 2.05) is 0 Å². The molecule has 0 saturated carbocycles. The summed E-state index contributed by atoms with van der Waals surface area (Å²) < 4.78 is 9.81. The van der Waals surface area contributed by atoms with Gasteiger partial charge in [0.05, 0.1) is 13.2 Å². The first kappa shape index (κ1) is 10.7. The van der Waals surface area contributed by atoms with E-state index >= 15 is 0 Å². The van der Waals surface area contributed by atoms with E-state index in [-0.39, 0.29) is 5.76 Å². The lowest BCUT2D eigenvalue weighted by Crippen LogP contribution is -2.24. The van der Waals surface area contributed by atoms with Gasteiger partial charge in [-0.3, -0.25) is 9.63 Å². The van der Waals surface area contributed by atoms with Crippen molar-refractivity contribution < 1.29 is 18.8 Å². The third-order valence-electron chi connectivity index (χ3n) is 1.52. The van der Waals surface area contributed by atoms with Crippen molar-refractivity contribution in [3.8, 4) is 0 Å². The van der Waals surface area contributed by atoms with E-state index in [1.54, 1.807) is 26.2 Å². The Morgan fingerprint density at radius 3 is 2.86 bits per heavy atom. The SMILES string of the molecule is COCCONC(=O)c1ccc(C)o1. The summed E-state index contributed by atoms with van der Waals surface area (Å²) >= 11 is 0. The van der Waals surface area contributed by atoms with E-state index in [9.17, 15) is 4.79 Å². The number of amides is 1. The maximum atomic E-state index is 11.3. The van der Waals surface area contributed by atoms with Gasteiger partial charge in [0, 0.05) is 7.11 Å². The molecule has 0 aliphatic rings. The van der Waals surface area contributed by atoms with Crippen molar-refractivity contribution >= 4 is 5.91 Å². The molecule has 0 aromatic carbocycles. The largest absolute Gasteiger partial charge is 0.456 e. The lowest BCUT2D eigenvalue weighted by Gasteiger charge is -2.02. The molecule has 1 rings (SSSR count). The maximum absolute atomic E-state index is 11.3. The number of methoxy groups -OCH3 is 1. The summed E-state index contributed by atoms with van der Waals surface area (Å²) in [6, 6.07) is 3.30. The Bertz CT molecular complexity index is 295. The van der Waals surface area contributed by atoms with Gasteiger partial charge < -0.3 is 9.15 Å². The predicted molar refractivity (Wildman–Crippen MR) is 48.7 cm³/mol. The van der Waals surface area contributed by atoms with Crippen LogP contribution in [0.15, 0.2) is 16.5 Å². The van der Waals surface area contributed by atoms with Crippen LogP contribution in [0.4, 0.5) is 0 Å². The third-order valence-corrected chi connectivity index (χ3v) is 1.52. The number of furan rings is 1. The highest BCUT2D eigenvalue weighted by Gasteiger charge is 2.08. The molecular weight excluding hydrogens is 186 g/mol. The summed E-state index contributed by atoms with van der Waals surface area (Å²) in [7, 11) is 1.56. The van der Waals surface area contributed by atoms with Gasteiger partial charge in [0.1, 0.15) is 5.76 Å². The summed E-state index contributed by atoms with van der Waals surface area (Å²) in [6.07, 6.45) is 0. The minimum Gasteiger partial charge on any atom is -0.456 e. The van der Waals surface area contributed by atoms with Crippen molar-refractivity contribution in [2.45, 2.75) is 6.92 Å². The second kappa shape index (κ2) is 5.41. The van der Waals surface area contributed by atoms with Crippen molar-refractivity contribution in [3.63, 3.8) is 0 Å². The number of hydroxylamine groups is 1. The van der Waals surface area contributed by atoms with Crippen LogP contribution < -0.4 is 5.48 Å². The number of ether oxygens (including phenoxy) is 1. The summed E-state index contributed by atoms with van der Waals surface area (Å²) in [5, 5.41) is 0. The molecule has 1 amide bonds. The molecule has 0 bridgehead atoms. The Morgan fingerprint density at radius 1 is 1.50 bits per heavy atom. The van der Waals surface area contributed by atoms with Crippen LogP contribution in [0.25, 0.3) is 0 Å². The molecule has 1 N–H and O–H groups in total. The number of hydrogen-bond donors (Lipinski definition) is 1.